The molecule has 0 aliphatic carbocycles. The molecule has 2 aromatic rings. The van der Waals surface area contributed by atoms with Gasteiger partial charge in [0.05, 0.1) is 17.2 Å². The first-order valence-corrected chi connectivity index (χ1v) is 7.94. The van der Waals surface area contributed by atoms with Gasteiger partial charge in [-0.2, -0.15) is 0 Å². The van der Waals surface area contributed by atoms with Crippen molar-refractivity contribution in [2.75, 3.05) is 13.7 Å². The van der Waals surface area contributed by atoms with Gasteiger partial charge in [-0.05, 0) is 41.8 Å². The molecule has 0 fully saturated rings. The number of methoxy groups -OCH3 is 1. The number of hydrogen-bond donors (Lipinski definition) is 3. The minimum atomic E-state index is -1.32. The standard InChI is InChI=1S/C17H17Cl2NO4/c1-24-15-8-10(2-5-14(15)21)6-7-20-17(23)16(22)11-3-4-12(18)13(19)9-11/h2-5,8-9,16,21-22H,6-7H2,1H3,(H,20,23). The predicted octanol–water partition coefficient (Wildman–Crippen LogP) is 3.10. The summed E-state index contributed by atoms with van der Waals surface area (Å²) in [6.07, 6.45) is -0.801. The number of benzene rings is 2. The maximum Gasteiger partial charge on any atom is 0.253 e. The maximum absolute atomic E-state index is 12.0. The summed E-state index contributed by atoms with van der Waals surface area (Å²) in [6, 6.07) is 9.48. The van der Waals surface area contributed by atoms with Crippen molar-refractivity contribution in [1.82, 2.24) is 5.32 Å². The van der Waals surface area contributed by atoms with Crippen LogP contribution in [0.2, 0.25) is 10.0 Å². The zero-order valence-electron chi connectivity index (χ0n) is 12.9. The summed E-state index contributed by atoms with van der Waals surface area (Å²) in [4.78, 5) is 12.0. The second kappa shape index (κ2) is 8.24. The van der Waals surface area contributed by atoms with Gasteiger partial charge in [-0.25, -0.2) is 0 Å². The molecule has 5 nitrogen and oxygen atoms in total. The number of phenolic OH excluding ortho intramolecular Hbond substituents is 1. The third-order valence-electron chi connectivity index (χ3n) is 3.46. The van der Waals surface area contributed by atoms with Crippen LogP contribution in [0.25, 0.3) is 0 Å². The summed E-state index contributed by atoms with van der Waals surface area (Å²) < 4.78 is 5.03. The molecule has 0 aromatic heterocycles. The van der Waals surface area contributed by atoms with E-state index in [1.807, 2.05) is 0 Å². The lowest BCUT2D eigenvalue weighted by Gasteiger charge is -2.13. The second-order valence-corrected chi connectivity index (χ2v) is 5.94. The lowest BCUT2D eigenvalue weighted by molar-refractivity contribution is -0.129. The third-order valence-corrected chi connectivity index (χ3v) is 4.20. The normalized spacial score (nSPS) is 11.8. The van der Waals surface area contributed by atoms with Crippen LogP contribution in [0.5, 0.6) is 11.5 Å². The fraction of sp³-hybridized carbons (Fsp3) is 0.235. The van der Waals surface area contributed by atoms with E-state index in [-0.39, 0.29) is 10.8 Å². The summed E-state index contributed by atoms with van der Waals surface area (Å²) in [5, 5.41) is 22.9. The molecule has 0 aliphatic rings. The Labute approximate surface area is 149 Å². The molecule has 0 heterocycles. The van der Waals surface area contributed by atoms with E-state index >= 15 is 0 Å². The molecule has 0 radical (unpaired) electrons. The average molecular weight is 370 g/mol. The molecule has 0 saturated carbocycles. The molecule has 0 bridgehead atoms. The Morgan fingerprint density at radius 3 is 2.62 bits per heavy atom. The highest BCUT2D eigenvalue weighted by Crippen LogP contribution is 2.27. The fourth-order valence-corrected chi connectivity index (χ4v) is 2.44. The molecule has 1 unspecified atom stereocenters. The molecule has 3 N–H and O–H groups in total. The zero-order valence-corrected chi connectivity index (χ0v) is 14.4. The van der Waals surface area contributed by atoms with Crippen LogP contribution in [0.3, 0.4) is 0 Å². The van der Waals surface area contributed by atoms with Gasteiger partial charge in [0.1, 0.15) is 0 Å². The molecule has 2 rings (SSSR count). The highest BCUT2D eigenvalue weighted by Gasteiger charge is 2.17. The molecule has 0 aliphatic heterocycles. The van der Waals surface area contributed by atoms with Gasteiger partial charge >= 0.3 is 0 Å². The molecule has 0 spiro atoms. The van der Waals surface area contributed by atoms with Gasteiger partial charge in [-0.15, -0.1) is 0 Å². The van der Waals surface area contributed by atoms with Gasteiger partial charge in [0.15, 0.2) is 17.6 Å². The van der Waals surface area contributed by atoms with E-state index in [0.29, 0.717) is 29.3 Å². The Morgan fingerprint density at radius 2 is 1.96 bits per heavy atom. The monoisotopic (exact) mass is 369 g/mol. The number of aliphatic hydroxyl groups excluding tert-OH is 1. The number of carbonyl (C=O) groups is 1. The third kappa shape index (κ3) is 4.54. The quantitative estimate of drug-likeness (QED) is 0.730. The van der Waals surface area contributed by atoms with Crippen molar-refractivity contribution in [3.8, 4) is 11.5 Å². The van der Waals surface area contributed by atoms with Crippen molar-refractivity contribution >= 4 is 29.1 Å². The van der Waals surface area contributed by atoms with Crippen LogP contribution in [-0.2, 0) is 11.2 Å². The van der Waals surface area contributed by atoms with Crippen LogP contribution in [0, 0.1) is 0 Å². The number of nitrogens with one attached hydrogen (secondary N) is 1. The van der Waals surface area contributed by atoms with Crippen molar-refractivity contribution < 1.29 is 19.7 Å². The van der Waals surface area contributed by atoms with Crippen molar-refractivity contribution in [3.05, 3.63) is 57.6 Å². The zero-order chi connectivity index (χ0) is 17.7. The molecule has 128 valence electrons. The van der Waals surface area contributed by atoms with Crippen molar-refractivity contribution in [2.45, 2.75) is 12.5 Å². The number of aliphatic hydroxyl groups is 1. The summed E-state index contributed by atoms with van der Waals surface area (Å²) in [5.74, 6) is -0.103. The number of hydrogen-bond acceptors (Lipinski definition) is 4. The van der Waals surface area contributed by atoms with E-state index in [9.17, 15) is 15.0 Å². The number of amides is 1. The molecule has 24 heavy (non-hydrogen) atoms. The van der Waals surface area contributed by atoms with Gasteiger partial charge in [0.25, 0.3) is 5.91 Å². The number of phenols is 1. The minimum Gasteiger partial charge on any atom is -0.504 e. The first-order chi connectivity index (χ1) is 11.4. The first-order valence-electron chi connectivity index (χ1n) is 7.19. The first kappa shape index (κ1) is 18.4. The molecule has 1 atom stereocenters. The second-order valence-electron chi connectivity index (χ2n) is 5.12. The number of halogens is 2. The van der Waals surface area contributed by atoms with Crippen molar-refractivity contribution in [1.29, 1.82) is 0 Å². The van der Waals surface area contributed by atoms with E-state index in [1.54, 1.807) is 18.2 Å². The minimum absolute atomic E-state index is 0.0559. The molecular weight excluding hydrogens is 353 g/mol. The van der Waals surface area contributed by atoms with Crippen LogP contribution in [0.15, 0.2) is 36.4 Å². The van der Waals surface area contributed by atoms with Crippen molar-refractivity contribution in [3.63, 3.8) is 0 Å². The van der Waals surface area contributed by atoms with E-state index in [0.717, 1.165) is 5.56 Å². The number of aromatic hydroxyl groups is 1. The van der Waals surface area contributed by atoms with Gasteiger partial charge in [-0.1, -0.05) is 35.3 Å². The highest BCUT2D eigenvalue weighted by atomic mass is 35.5. The smallest absolute Gasteiger partial charge is 0.253 e. The van der Waals surface area contributed by atoms with Crippen LogP contribution in [0.4, 0.5) is 0 Å². The fourth-order valence-electron chi connectivity index (χ4n) is 2.14. The van der Waals surface area contributed by atoms with E-state index in [1.165, 1.54) is 25.3 Å². The van der Waals surface area contributed by atoms with Gasteiger partial charge < -0.3 is 20.3 Å². The number of rotatable bonds is 6. The SMILES string of the molecule is COc1cc(CCNC(=O)C(O)c2ccc(Cl)c(Cl)c2)ccc1O. The Hall–Kier alpha value is -1.95. The van der Waals surface area contributed by atoms with Gasteiger partial charge in [0, 0.05) is 6.54 Å². The van der Waals surface area contributed by atoms with Crippen LogP contribution >= 0.6 is 23.2 Å². The largest absolute Gasteiger partial charge is 0.504 e. The predicted molar refractivity (Wildman–Crippen MR) is 92.8 cm³/mol. The number of carbonyl (C=O) groups excluding carboxylic acids is 1. The molecular formula is C17H17Cl2NO4. The topological polar surface area (TPSA) is 78.8 Å². The lowest BCUT2D eigenvalue weighted by Crippen LogP contribution is -2.31. The summed E-state index contributed by atoms with van der Waals surface area (Å²) >= 11 is 11.7. The summed E-state index contributed by atoms with van der Waals surface area (Å²) in [5.41, 5.74) is 1.25. The van der Waals surface area contributed by atoms with Crippen LogP contribution in [-0.4, -0.2) is 29.8 Å². The maximum atomic E-state index is 12.0. The van der Waals surface area contributed by atoms with Gasteiger partial charge in [-0.3, -0.25) is 4.79 Å². The van der Waals surface area contributed by atoms with E-state index in [2.05, 4.69) is 5.32 Å². The number of ether oxygens (including phenoxy) is 1. The Bertz CT molecular complexity index is 737. The highest BCUT2D eigenvalue weighted by molar-refractivity contribution is 6.42. The van der Waals surface area contributed by atoms with E-state index in [4.69, 9.17) is 27.9 Å². The Balaban J connectivity index is 1.91. The van der Waals surface area contributed by atoms with Crippen LogP contribution in [0.1, 0.15) is 17.2 Å². The van der Waals surface area contributed by atoms with Crippen LogP contribution < -0.4 is 10.1 Å². The Morgan fingerprint density at radius 1 is 1.21 bits per heavy atom. The lowest BCUT2D eigenvalue weighted by atomic mass is 10.1. The van der Waals surface area contributed by atoms with E-state index < -0.39 is 12.0 Å². The summed E-state index contributed by atoms with van der Waals surface area (Å²) in [7, 11) is 1.47. The summed E-state index contributed by atoms with van der Waals surface area (Å²) in [6.45, 7) is 0.325. The Kier molecular flexibility index (Phi) is 6.31. The average Bonchev–Trinajstić information content (AvgIpc) is 2.58. The molecule has 1 amide bonds. The molecule has 7 heteroatoms. The molecule has 0 saturated heterocycles. The van der Waals surface area contributed by atoms with Gasteiger partial charge in [0.2, 0.25) is 0 Å². The molecule has 2 aromatic carbocycles. The van der Waals surface area contributed by atoms with Crippen molar-refractivity contribution in [2.24, 2.45) is 0 Å².